The molecular weight excluding hydrogens is 450 g/mol. The third kappa shape index (κ3) is 5.31. The Kier molecular flexibility index (Phi) is 6.62. The fourth-order valence-electron chi connectivity index (χ4n) is 4.06. The van der Waals surface area contributed by atoms with Crippen LogP contribution in [0.4, 0.5) is 5.69 Å². The van der Waals surface area contributed by atoms with Gasteiger partial charge < -0.3 is 14.6 Å². The minimum atomic E-state index is -0.110. The number of oxazole rings is 1. The van der Waals surface area contributed by atoms with Gasteiger partial charge in [0.1, 0.15) is 12.1 Å². The fourth-order valence-corrected chi connectivity index (χ4v) is 4.78. The van der Waals surface area contributed by atoms with Gasteiger partial charge in [0, 0.05) is 30.1 Å². The van der Waals surface area contributed by atoms with Crippen LogP contribution in [0.3, 0.4) is 0 Å². The number of nitrogens with zero attached hydrogens (tertiary/aromatic N) is 4. The molecule has 1 aliphatic heterocycles. The number of rotatable bonds is 7. The summed E-state index contributed by atoms with van der Waals surface area (Å²) in [5.74, 6) is 1.18. The molecule has 1 aliphatic rings. The van der Waals surface area contributed by atoms with Crippen molar-refractivity contribution in [2.45, 2.75) is 30.2 Å². The number of likely N-dealkylation sites (tertiary alicyclic amines) is 1. The smallest absolute Gasteiger partial charge is 0.244 e. The van der Waals surface area contributed by atoms with Crippen LogP contribution in [-0.2, 0) is 16.1 Å². The van der Waals surface area contributed by atoms with Crippen molar-refractivity contribution in [2.75, 3.05) is 24.2 Å². The molecule has 5 rings (SSSR count). The molecule has 0 radical (unpaired) electrons. The molecule has 0 aliphatic carbocycles. The van der Waals surface area contributed by atoms with E-state index in [0.29, 0.717) is 24.5 Å². The van der Waals surface area contributed by atoms with Crippen LogP contribution in [0.5, 0.6) is 0 Å². The molecule has 1 saturated heterocycles. The SMILES string of the molecule is O=C(CSc1ccccc1)Nc1cnn(CC(=O)N2CCC(c3nc4ccccc4o3)CC2)c1. The van der Waals surface area contributed by atoms with E-state index in [1.807, 2.05) is 59.5 Å². The Hall–Kier alpha value is -3.59. The Bertz CT molecular complexity index is 1240. The summed E-state index contributed by atoms with van der Waals surface area (Å²) in [6.45, 7) is 1.45. The zero-order valence-electron chi connectivity index (χ0n) is 18.6. The molecule has 9 heteroatoms. The first-order valence-corrected chi connectivity index (χ1v) is 12.3. The van der Waals surface area contributed by atoms with E-state index < -0.39 is 0 Å². The van der Waals surface area contributed by atoms with Crippen molar-refractivity contribution in [2.24, 2.45) is 0 Å². The maximum absolute atomic E-state index is 12.8. The Morgan fingerprint density at radius 2 is 1.82 bits per heavy atom. The first-order valence-electron chi connectivity index (χ1n) is 11.3. The summed E-state index contributed by atoms with van der Waals surface area (Å²) in [7, 11) is 0. The van der Waals surface area contributed by atoms with Gasteiger partial charge in [-0.3, -0.25) is 14.3 Å². The molecule has 0 unspecified atom stereocenters. The summed E-state index contributed by atoms with van der Waals surface area (Å²) in [5.41, 5.74) is 2.26. The molecular formula is C25H25N5O3S. The van der Waals surface area contributed by atoms with Gasteiger partial charge in [0.25, 0.3) is 0 Å². The summed E-state index contributed by atoms with van der Waals surface area (Å²) in [5, 5.41) is 7.07. The fraction of sp³-hybridized carbons (Fsp3) is 0.280. The largest absolute Gasteiger partial charge is 0.440 e. The second-order valence-corrected chi connectivity index (χ2v) is 9.30. The van der Waals surface area contributed by atoms with Crippen molar-refractivity contribution in [3.05, 3.63) is 72.9 Å². The first-order chi connectivity index (χ1) is 16.6. The van der Waals surface area contributed by atoms with Crippen LogP contribution in [0, 0.1) is 0 Å². The molecule has 3 heterocycles. The lowest BCUT2D eigenvalue weighted by Gasteiger charge is -2.30. The standard InChI is InChI=1S/C25H25N5O3S/c31-23(17-34-20-6-2-1-3-7-20)27-19-14-26-30(15-19)16-24(32)29-12-10-18(11-13-29)25-28-21-8-4-5-9-22(21)33-25/h1-9,14-15,18H,10-13,16-17H2,(H,27,31). The predicted octanol–water partition coefficient (Wildman–Crippen LogP) is 4.16. The van der Waals surface area contributed by atoms with Gasteiger partial charge in [0.05, 0.1) is 17.6 Å². The molecule has 1 N–H and O–H groups in total. The molecule has 174 valence electrons. The number of hydrogen-bond donors (Lipinski definition) is 1. The zero-order chi connectivity index (χ0) is 23.3. The lowest BCUT2D eigenvalue weighted by molar-refractivity contribution is -0.133. The topological polar surface area (TPSA) is 93.3 Å². The number of para-hydroxylation sites is 2. The molecule has 2 aromatic heterocycles. The molecule has 2 aromatic carbocycles. The maximum atomic E-state index is 12.8. The number of amides is 2. The number of thioether (sulfide) groups is 1. The monoisotopic (exact) mass is 475 g/mol. The lowest BCUT2D eigenvalue weighted by atomic mass is 9.97. The average molecular weight is 476 g/mol. The van der Waals surface area contributed by atoms with Gasteiger partial charge in [-0.25, -0.2) is 4.98 Å². The number of piperidine rings is 1. The van der Waals surface area contributed by atoms with Gasteiger partial charge in [-0.1, -0.05) is 30.3 Å². The quantitative estimate of drug-likeness (QED) is 0.404. The van der Waals surface area contributed by atoms with Crippen LogP contribution >= 0.6 is 11.8 Å². The Morgan fingerprint density at radius 1 is 1.06 bits per heavy atom. The predicted molar refractivity (Wildman–Crippen MR) is 131 cm³/mol. The summed E-state index contributed by atoms with van der Waals surface area (Å²) in [6, 6.07) is 17.5. The van der Waals surface area contributed by atoms with Gasteiger partial charge in [-0.15, -0.1) is 11.8 Å². The summed E-state index contributed by atoms with van der Waals surface area (Å²) in [6.07, 6.45) is 4.89. The van der Waals surface area contributed by atoms with E-state index in [2.05, 4.69) is 15.4 Å². The van der Waals surface area contributed by atoms with Crippen LogP contribution in [0.15, 0.2) is 76.3 Å². The van der Waals surface area contributed by atoms with Crippen molar-refractivity contribution < 1.29 is 14.0 Å². The van der Waals surface area contributed by atoms with Gasteiger partial charge in [-0.2, -0.15) is 5.10 Å². The number of anilines is 1. The summed E-state index contributed by atoms with van der Waals surface area (Å²) < 4.78 is 7.48. The van der Waals surface area contributed by atoms with Crippen molar-refractivity contribution in [3.63, 3.8) is 0 Å². The van der Waals surface area contributed by atoms with Gasteiger partial charge in [-0.05, 0) is 37.1 Å². The highest BCUT2D eigenvalue weighted by molar-refractivity contribution is 8.00. The molecule has 0 atom stereocenters. The van der Waals surface area contributed by atoms with Crippen LogP contribution < -0.4 is 5.32 Å². The van der Waals surface area contributed by atoms with Crippen LogP contribution in [0.25, 0.3) is 11.1 Å². The third-order valence-corrected chi connectivity index (χ3v) is 6.85. The highest BCUT2D eigenvalue weighted by Gasteiger charge is 2.27. The van der Waals surface area contributed by atoms with E-state index in [9.17, 15) is 9.59 Å². The molecule has 34 heavy (non-hydrogen) atoms. The molecule has 4 aromatic rings. The van der Waals surface area contributed by atoms with Crippen LogP contribution in [0.2, 0.25) is 0 Å². The summed E-state index contributed by atoms with van der Waals surface area (Å²) >= 11 is 1.47. The van der Waals surface area contributed by atoms with Gasteiger partial charge in [0.15, 0.2) is 11.5 Å². The molecule has 2 amide bonds. The summed E-state index contributed by atoms with van der Waals surface area (Å²) in [4.78, 5) is 32.5. The van der Waals surface area contributed by atoms with E-state index in [0.717, 1.165) is 34.7 Å². The van der Waals surface area contributed by atoms with E-state index in [4.69, 9.17) is 4.42 Å². The molecule has 0 bridgehead atoms. The van der Waals surface area contributed by atoms with Crippen molar-refractivity contribution in [1.82, 2.24) is 19.7 Å². The highest BCUT2D eigenvalue weighted by Crippen LogP contribution is 2.30. The molecule has 8 nitrogen and oxygen atoms in total. The van der Waals surface area contributed by atoms with Crippen LogP contribution in [0.1, 0.15) is 24.7 Å². The lowest BCUT2D eigenvalue weighted by Crippen LogP contribution is -2.39. The number of benzene rings is 2. The van der Waals surface area contributed by atoms with E-state index in [1.165, 1.54) is 11.8 Å². The number of carbonyl (C=O) groups excluding carboxylic acids is 2. The molecule has 0 saturated carbocycles. The van der Waals surface area contributed by atoms with E-state index in [1.54, 1.807) is 17.1 Å². The first kappa shape index (κ1) is 22.2. The number of hydrogen-bond acceptors (Lipinski definition) is 6. The molecule has 1 fully saturated rings. The van der Waals surface area contributed by atoms with Crippen molar-refractivity contribution in [1.29, 1.82) is 0 Å². The minimum absolute atomic E-state index is 0.0108. The second-order valence-electron chi connectivity index (χ2n) is 8.25. The second kappa shape index (κ2) is 10.1. The number of carbonyl (C=O) groups is 2. The third-order valence-electron chi connectivity index (χ3n) is 5.83. The van der Waals surface area contributed by atoms with Crippen LogP contribution in [-0.4, -0.2) is 50.3 Å². The number of nitrogens with one attached hydrogen (secondary N) is 1. The molecule has 0 spiro atoms. The van der Waals surface area contributed by atoms with Crippen molar-refractivity contribution >= 4 is 40.4 Å². The highest BCUT2D eigenvalue weighted by atomic mass is 32.2. The maximum Gasteiger partial charge on any atom is 0.244 e. The number of aromatic nitrogens is 3. The van der Waals surface area contributed by atoms with Crippen molar-refractivity contribution in [3.8, 4) is 0 Å². The number of fused-ring (bicyclic) bond motifs is 1. The normalized spacial score (nSPS) is 14.4. The van der Waals surface area contributed by atoms with Gasteiger partial charge in [0.2, 0.25) is 11.8 Å². The Morgan fingerprint density at radius 3 is 2.62 bits per heavy atom. The Labute approximate surface area is 201 Å². The average Bonchev–Trinajstić information content (AvgIpc) is 3.50. The van der Waals surface area contributed by atoms with E-state index >= 15 is 0 Å². The Balaban J connectivity index is 1.09. The zero-order valence-corrected chi connectivity index (χ0v) is 19.4. The minimum Gasteiger partial charge on any atom is -0.440 e. The van der Waals surface area contributed by atoms with E-state index in [-0.39, 0.29) is 24.3 Å². The van der Waals surface area contributed by atoms with Gasteiger partial charge >= 0.3 is 0 Å².